The minimum atomic E-state index is -0.150. The Bertz CT molecular complexity index is 594. The lowest BCUT2D eigenvalue weighted by atomic mass is 10.1. The van der Waals surface area contributed by atoms with Crippen LogP contribution in [0.2, 0.25) is 0 Å². The number of phenols is 1. The van der Waals surface area contributed by atoms with Crippen molar-refractivity contribution in [3.8, 4) is 5.75 Å². The normalized spacial score (nSPS) is 10.2. The van der Waals surface area contributed by atoms with Crippen molar-refractivity contribution in [3.05, 3.63) is 58.1 Å². The average molecular weight is 320 g/mol. The molecule has 0 aliphatic heterocycles. The molecule has 98 valence electrons. The molecule has 0 aliphatic carbocycles. The number of hydrogen-bond acceptors (Lipinski definition) is 2. The monoisotopic (exact) mass is 319 g/mol. The molecule has 0 bridgehead atoms. The highest BCUT2D eigenvalue weighted by molar-refractivity contribution is 9.10. The fourth-order valence-electron chi connectivity index (χ4n) is 1.73. The zero-order chi connectivity index (χ0) is 13.8. The number of benzene rings is 2. The number of phenolic OH excluding ortho intramolecular Hbond substituents is 1. The summed E-state index contributed by atoms with van der Waals surface area (Å²) in [5, 5.41) is 12.4. The van der Waals surface area contributed by atoms with E-state index in [1.807, 2.05) is 31.2 Å². The molecule has 2 aromatic rings. The molecule has 2 N–H and O–H groups in total. The van der Waals surface area contributed by atoms with Crippen molar-refractivity contribution in [2.24, 2.45) is 0 Å². The number of hydrogen-bond donors (Lipinski definition) is 2. The van der Waals surface area contributed by atoms with E-state index in [4.69, 9.17) is 0 Å². The van der Waals surface area contributed by atoms with Crippen molar-refractivity contribution in [2.45, 2.75) is 13.3 Å². The van der Waals surface area contributed by atoms with Crippen LogP contribution in [0.5, 0.6) is 5.75 Å². The Kier molecular flexibility index (Phi) is 4.22. The van der Waals surface area contributed by atoms with Crippen LogP contribution >= 0.6 is 15.9 Å². The maximum absolute atomic E-state index is 11.9. The number of carbonyl (C=O) groups excluding carboxylic acids is 1. The molecule has 0 atom stereocenters. The van der Waals surface area contributed by atoms with Gasteiger partial charge >= 0.3 is 0 Å². The molecule has 4 heteroatoms. The highest BCUT2D eigenvalue weighted by Gasteiger charge is 2.07. The van der Waals surface area contributed by atoms with Gasteiger partial charge in [0, 0.05) is 4.47 Å². The number of rotatable bonds is 3. The number of nitrogens with one attached hydrogen (secondary N) is 1. The van der Waals surface area contributed by atoms with Crippen molar-refractivity contribution < 1.29 is 9.90 Å². The number of carbonyl (C=O) groups is 1. The summed E-state index contributed by atoms with van der Waals surface area (Å²) in [4.78, 5) is 11.9. The van der Waals surface area contributed by atoms with Crippen LogP contribution < -0.4 is 5.32 Å². The van der Waals surface area contributed by atoms with Gasteiger partial charge in [-0.25, -0.2) is 0 Å². The summed E-state index contributed by atoms with van der Waals surface area (Å²) in [5.74, 6) is -0.0713. The van der Waals surface area contributed by atoms with E-state index in [1.54, 1.807) is 18.2 Å². The highest BCUT2D eigenvalue weighted by atomic mass is 79.9. The predicted molar refractivity (Wildman–Crippen MR) is 79.3 cm³/mol. The van der Waals surface area contributed by atoms with E-state index in [0.717, 1.165) is 15.6 Å². The van der Waals surface area contributed by atoms with Gasteiger partial charge < -0.3 is 10.4 Å². The molecule has 19 heavy (non-hydrogen) atoms. The van der Waals surface area contributed by atoms with Crippen LogP contribution in [0.3, 0.4) is 0 Å². The Hall–Kier alpha value is -1.81. The molecular weight excluding hydrogens is 306 g/mol. The molecule has 0 spiro atoms. The molecule has 0 unspecified atom stereocenters. The lowest BCUT2D eigenvalue weighted by Gasteiger charge is -2.08. The Morgan fingerprint density at radius 1 is 1.21 bits per heavy atom. The number of amides is 1. The van der Waals surface area contributed by atoms with Gasteiger partial charge in [-0.3, -0.25) is 4.79 Å². The van der Waals surface area contributed by atoms with Gasteiger partial charge in [0.05, 0.1) is 12.1 Å². The lowest BCUT2D eigenvalue weighted by Crippen LogP contribution is -2.14. The second-order valence-corrected chi connectivity index (χ2v) is 5.29. The van der Waals surface area contributed by atoms with Gasteiger partial charge in [0.2, 0.25) is 5.91 Å². The molecule has 0 heterocycles. The Morgan fingerprint density at radius 3 is 2.58 bits per heavy atom. The van der Waals surface area contributed by atoms with Crippen molar-refractivity contribution in [3.63, 3.8) is 0 Å². The first-order chi connectivity index (χ1) is 9.04. The SMILES string of the molecule is Cc1ccc(O)c(NC(=O)Cc2ccc(Br)cc2)c1. The maximum atomic E-state index is 11.9. The van der Waals surface area contributed by atoms with Crippen LogP contribution in [-0.4, -0.2) is 11.0 Å². The zero-order valence-electron chi connectivity index (χ0n) is 10.5. The summed E-state index contributed by atoms with van der Waals surface area (Å²) < 4.78 is 0.980. The van der Waals surface area contributed by atoms with Crippen LogP contribution in [0.1, 0.15) is 11.1 Å². The van der Waals surface area contributed by atoms with Gasteiger partial charge in [-0.05, 0) is 42.3 Å². The Labute approximate surface area is 120 Å². The molecular formula is C15H14BrNO2. The predicted octanol–water partition coefficient (Wildman–Crippen LogP) is 3.64. The summed E-state index contributed by atoms with van der Waals surface area (Å²) in [6.07, 6.45) is 0.278. The van der Waals surface area contributed by atoms with Gasteiger partial charge in [-0.15, -0.1) is 0 Å². The molecule has 2 rings (SSSR count). The van der Waals surface area contributed by atoms with E-state index in [9.17, 15) is 9.90 Å². The molecule has 0 saturated heterocycles. The van der Waals surface area contributed by atoms with Gasteiger partial charge in [-0.1, -0.05) is 34.1 Å². The molecule has 0 saturated carbocycles. The van der Waals surface area contributed by atoms with Crippen molar-refractivity contribution >= 4 is 27.5 Å². The van der Waals surface area contributed by atoms with Gasteiger partial charge in [0.1, 0.15) is 5.75 Å². The molecule has 3 nitrogen and oxygen atoms in total. The smallest absolute Gasteiger partial charge is 0.228 e. The highest BCUT2D eigenvalue weighted by Crippen LogP contribution is 2.24. The molecule has 0 aliphatic rings. The summed E-state index contributed by atoms with van der Waals surface area (Å²) >= 11 is 3.35. The quantitative estimate of drug-likeness (QED) is 0.848. The van der Waals surface area contributed by atoms with Gasteiger partial charge in [-0.2, -0.15) is 0 Å². The topological polar surface area (TPSA) is 49.3 Å². The van der Waals surface area contributed by atoms with E-state index in [-0.39, 0.29) is 18.1 Å². The summed E-state index contributed by atoms with van der Waals surface area (Å²) in [6.45, 7) is 1.91. The Morgan fingerprint density at radius 2 is 1.89 bits per heavy atom. The van der Waals surface area contributed by atoms with Crippen LogP contribution in [0.4, 0.5) is 5.69 Å². The molecule has 0 aromatic heterocycles. The largest absolute Gasteiger partial charge is 0.506 e. The maximum Gasteiger partial charge on any atom is 0.228 e. The third-order valence-electron chi connectivity index (χ3n) is 2.70. The van der Waals surface area contributed by atoms with Crippen LogP contribution in [-0.2, 0) is 11.2 Å². The minimum absolute atomic E-state index is 0.0785. The fourth-order valence-corrected chi connectivity index (χ4v) is 2.00. The molecule has 0 fully saturated rings. The second kappa shape index (κ2) is 5.89. The molecule has 0 radical (unpaired) electrons. The molecule has 2 aromatic carbocycles. The van der Waals surface area contributed by atoms with Crippen molar-refractivity contribution in [2.75, 3.05) is 5.32 Å². The van der Waals surface area contributed by atoms with E-state index < -0.39 is 0 Å². The van der Waals surface area contributed by atoms with Crippen LogP contribution in [0.15, 0.2) is 46.9 Å². The first-order valence-corrected chi connectivity index (χ1v) is 6.68. The number of halogens is 1. The first kappa shape index (κ1) is 13.6. The third-order valence-corrected chi connectivity index (χ3v) is 3.23. The van der Waals surface area contributed by atoms with Crippen molar-refractivity contribution in [1.82, 2.24) is 0 Å². The van der Waals surface area contributed by atoms with E-state index in [2.05, 4.69) is 21.2 Å². The molecule has 1 amide bonds. The number of anilines is 1. The zero-order valence-corrected chi connectivity index (χ0v) is 12.1. The van der Waals surface area contributed by atoms with E-state index in [0.29, 0.717) is 5.69 Å². The summed E-state index contributed by atoms with van der Waals surface area (Å²) in [5.41, 5.74) is 2.35. The number of aryl methyl sites for hydroxylation is 1. The van der Waals surface area contributed by atoms with Crippen molar-refractivity contribution in [1.29, 1.82) is 0 Å². The second-order valence-electron chi connectivity index (χ2n) is 4.37. The minimum Gasteiger partial charge on any atom is -0.506 e. The fraction of sp³-hybridized carbons (Fsp3) is 0.133. The lowest BCUT2D eigenvalue weighted by molar-refractivity contribution is -0.115. The Balaban J connectivity index is 2.05. The van der Waals surface area contributed by atoms with Crippen LogP contribution in [0, 0.1) is 6.92 Å². The van der Waals surface area contributed by atoms with Gasteiger partial charge in [0.15, 0.2) is 0 Å². The number of aromatic hydroxyl groups is 1. The van der Waals surface area contributed by atoms with Gasteiger partial charge in [0.25, 0.3) is 0 Å². The van der Waals surface area contributed by atoms with Crippen LogP contribution in [0.25, 0.3) is 0 Å². The van der Waals surface area contributed by atoms with E-state index >= 15 is 0 Å². The third kappa shape index (κ3) is 3.83. The van der Waals surface area contributed by atoms with E-state index in [1.165, 1.54) is 0 Å². The first-order valence-electron chi connectivity index (χ1n) is 5.88. The summed E-state index contributed by atoms with van der Waals surface area (Å²) in [7, 11) is 0. The average Bonchev–Trinajstić information content (AvgIpc) is 2.37. The standard InChI is InChI=1S/C15H14BrNO2/c1-10-2-7-14(18)13(8-10)17-15(19)9-11-3-5-12(16)6-4-11/h2-8,18H,9H2,1H3,(H,17,19). The summed E-state index contributed by atoms with van der Waals surface area (Å²) in [6, 6.07) is 12.7.